The number of carbonyl (C=O) groups excluding carboxylic acids is 1. The standard InChI is InChI=1S/C37H39N3O3/c1-37(2,33-22-27(23-38-33)24-13-16-28(42-3)17-14-24)39-36(41)26-15-18-29-31(21-26)40-19-20-43-32-12-8-7-11-30(32)35(40)34(29)25-9-5-4-6-10-25/h7-8,11-18,21,23,25H,4-6,9-10,19-20,22H2,1-3H3,(H,39,41). The summed E-state index contributed by atoms with van der Waals surface area (Å²) in [5.41, 5.74) is 8.21. The Labute approximate surface area is 253 Å². The molecule has 2 aliphatic heterocycles. The van der Waals surface area contributed by atoms with Gasteiger partial charge in [0, 0.05) is 40.4 Å². The lowest BCUT2D eigenvalue weighted by atomic mass is 9.81. The Morgan fingerprint density at radius 1 is 1.02 bits per heavy atom. The largest absolute Gasteiger partial charge is 0.497 e. The van der Waals surface area contributed by atoms with E-state index in [9.17, 15) is 4.79 Å². The van der Waals surface area contributed by atoms with Gasteiger partial charge in [-0.25, -0.2) is 0 Å². The van der Waals surface area contributed by atoms with Crippen molar-refractivity contribution in [2.75, 3.05) is 13.7 Å². The fourth-order valence-corrected chi connectivity index (χ4v) is 7.10. The molecule has 1 amide bonds. The average Bonchev–Trinajstić information content (AvgIpc) is 3.61. The highest BCUT2D eigenvalue weighted by atomic mass is 16.5. The van der Waals surface area contributed by atoms with Crippen LogP contribution in [0.2, 0.25) is 0 Å². The molecular formula is C37H39N3O3. The smallest absolute Gasteiger partial charge is 0.252 e. The molecule has 4 aromatic rings. The van der Waals surface area contributed by atoms with Gasteiger partial charge in [-0.15, -0.1) is 0 Å². The lowest BCUT2D eigenvalue weighted by molar-refractivity contribution is 0.0931. The Hall–Kier alpha value is -4.32. The summed E-state index contributed by atoms with van der Waals surface area (Å²) in [6.07, 6.45) is 8.87. The first-order chi connectivity index (χ1) is 20.9. The summed E-state index contributed by atoms with van der Waals surface area (Å²) in [6, 6.07) is 22.7. The minimum Gasteiger partial charge on any atom is -0.497 e. The number of aromatic nitrogens is 1. The molecule has 1 saturated carbocycles. The fraction of sp³-hybridized carbons (Fsp3) is 0.351. The van der Waals surface area contributed by atoms with Crippen molar-refractivity contribution in [1.29, 1.82) is 0 Å². The van der Waals surface area contributed by atoms with Gasteiger partial charge < -0.3 is 19.4 Å². The molecule has 220 valence electrons. The van der Waals surface area contributed by atoms with Crippen LogP contribution in [0.3, 0.4) is 0 Å². The molecule has 0 atom stereocenters. The quantitative estimate of drug-likeness (QED) is 0.253. The summed E-state index contributed by atoms with van der Waals surface area (Å²) in [5, 5.41) is 4.56. The highest BCUT2D eigenvalue weighted by Gasteiger charge is 2.32. The number of nitrogens with one attached hydrogen (secondary N) is 1. The number of para-hydroxylation sites is 1. The van der Waals surface area contributed by atoms with E-state index in [1.807, 2.05) is 44.3 Å². The van der Waals surface area contributed by atoms with Crippen molar-refractivity contribution < 1.29 is 14.3 Å². The third-order valence-electron chi connectivity index (χ3n) is 9.44. The molecule has 1 fully saturated rings. The normalized spacial score (nSPS) is 16.9. The second-order valence-electron chi connectivity index (χ2n) is 12.5. The summed E-state index contributed by atoms with van der Waals surface area (Å²) >= 11 is 0. The van der Waals surface area contributed by atoms with Crippen LogP contribution in [0.15, 0.2) is 77.9 Å². The minimum absolute atomic E-state index is 0.0902. The van der Waals surface area contributed by atoms with Gasteiger partial charge in [-0.3, -0.25) is 9.79 Å². The predicted octanol–water partition coefficient (Wildman–Crippen LogP) is 8.15. The van der Waals surface area contributed by atoms with Crippen molar-refractivity contribution in [2.45, 2.75) is 70.4 Å². The Morgan fingerprint density at radius 2 is 1.81 bits per heavy atom. The van der Waals surface area contributed by atoms with Crippen molar-refractivity contribution in [1.82, 2.24) is 9.88 Å². The maximum Gasteiger partial charge on any atom is 0.252 e. The molecule has 0 saturated heterocycles. The van der Waals surface area contributed by atoms with E-state index in [0.717, 1.165) is 46.0 Å². The first kappa shape index (κ1) is 27.5. The summed E-state index contributed by atoms with van der Waals surface area (Å²) in [7, 11) is 1.67. The number of hydrogen-bond acceptors (Lipinski definition) is 4. The highest BCUT2D eigenvalue weighted by Crippen LogP contribution is 2.47. The first-order valence-corrected chi connectivity index (χ1v) is 15.5. The van der Waals surface area contributed by atoms with Gasteiger partial charge in [-0.05, 0) is 85.7 Å². The highest BCUT2D eigenvalue weighted by molar-refractivity contribution is 6.08. The number of benzene rings is 3. The SMILES string of the molecule is COc1ccc(C2=CN=C(C(C)(C)NC(=O)c3ccc4c(C5CCCCC5)c5n(c4c3)CCOc3ccccc3-5)C2)cc1. The van der Waals surface area contributed by atoms with Crippen LogP contribution in [-0.4, -0.2) is 35.4 Å². The lowest BCUT2D eigenvalue weighted by Crippen LogP contribution is -2.49. The van der Waals surface area contributed by atoms with Gasteiger partial charge in [0.2, 0.25) is 0 Å². The molecule has 6 heteroatoms. The molecule has 0 radical (unpaired) electrons. The number of fused-ring (bicyclic) bond motifs is 5. The van der Waals surface area contributed by atoms with E-state index in [-0.39, 0.29) is 5.91 Å². The van der Waals surface area contributed by atoms with Crippen LogP contribution in [0.5, 0.6) is 11.5 Å². The van der Waals surface area contributed by atoms with E-state index >= 15 is 0 Å². The number of nitrogens with zero attached hydrogens (tertiary/aromatic N) is 2. The van der Waals surface area contributed by atoms with Crippen LogP contribution in [0.1, 0.15) is 79.8 Å². The Morgan fingerprint density at radius 3 is 2.60 bits per heavy atom. The molecule has 3 aromatic carbocycles. The molecule has 1 N–H and O–H groups in total. The lowest BCUT2D eigenvalue weighted by Gasteiger charge is -2.27. The fourth-order valence-electron chi connectivity index (χ4n) is 7.10. The van der Waals surface area contributed by atoms with Gasteiger partial charge in [0.1, 0.15) is 18.1 Å². The number of amides is 1. The number of methoxy groups -OCH3 is 1. The van der Waals surface area contributed by atoms with E-state index in [4.69, 9.17) is 14.5 Å². The maximum atomic E-state index is 13.8. The van der Waals surface area contributed by atoms with Gasteiger partial charge in [0.05, 0.1) is 24.9 Å². The van der Waals surface area contributed by atoms with Gasteiger partial charge in [-0.1, -0.05) is 49.6 Å². The van der Waals surface area contributed by atoms with Gasteiger partial charge >= 0.3 is 0 Å². The van der Waals surface area contributed by atoms with E-state index in [1.54, 1.807) is 7.11 Å². The van der Waals surface area contributed by atoms with Gasteiger partial charge in [-0.2, -0.15) is 0 Å². The van der Waals surface area contributed by atoms with Crippen LogP contribution in [0.25, 0.3) is 27.7 Å². The van der Waals surface area contributed by atoms with Crippen molar-refractivity contribution >= 4 is 28.1 Å². The minimum atomic E-state index is -0.604. The molecule has 6 nitrogen and oxygen atoms in total. The van der Waals surface area contributed by atoms with Crippen LogP contribution < -0.4 is 14.8 Å². The summed E-state index contributed by atoms with van der Waals surface area (Å²) < 4.78 is 13.9. The first-order valence-electron chi connectivity index (χ1n) is 15.5. The molecule has 3 heterocycles. The molecule has 43 heavy (non-hydrogen) atoms. The molecule has 3 aliphatic rings. The predicted molar refractivity (Wildman–Crippen MR) is 173 cm³/mol. The summed E-state index contributed by atoms with van der Waals surface area (Å²) in [5.74, 6) is 2.20. The van der Waals surface area contributed by atoms with E-state index < -0.39 is 5.54 Å². The van der Waals surface area contributed by atoms with Crippen LogP contribution >= 0.6 is 0 Å². The van der Waals surface area contributed by atoms with E-state index in [0.29, 0.717) is 24.5 Å². The van der Waals surface area contributed by atoms with E-state index in [2.05, 4.69) is 52.3 Å². The molecule has 0 spiro atoms. The Balaban J connectivity index is 1.19. The van der Waals surface area contributed by atoms with Crippen LogP contribution in [-0.2, 0) is 6.54 Å². The molecule has 1 aromatic heterocycles. The zero-order valence-electron chi connectivity index (χ0n) is 25.3. The summed E-state index contributed by atoms with van der Waals surface area (Å²) in [4.78, 5) is 18.5. The Bertz CT molecular complexity index is 1750. The number of allylic oxidation sites excluding steroid dienone is 1. The second kappa shape index (κ2) is 11.1. The zero-order chi connectivity index (χ0) is 29.6. The number of rotatable bonds is 6. The van der Waals surface area contributed by atoms with Crippen molar-refractivity contribution in [3.05, 3.63) is 89.6 Å². The number of hydrogen-bond donors (Lipinski definition) is 1. The van der Waals surface area contributed by atoms with Crippen molar-refractivity contribution in [3.8, 4) is 22.8 Å². The second-order valence-corrected chi connectivity index (χ2v) is 12.5. The average molecular weight is 574 g/mol. The third kappa shape index (κ3) is 5.03. The molecule has 0 unspecified atom stereocenters. The molecule has 7 rings (SSSR count). The Kier molecular flexibility index (Phi) is 7.08. The van der Waals surface area contributed by atoms with Crippen molar-refractivity contribution in [2.24, 2.45) is 4.99 Å². The number of aliphatic imine (C=N–C) groups is 1. The maximum absolute atomic E-state index is 13.8. The monoisotopic (exact) mass is 573 g/mol. The van der Waals surface area contributed by atoms with Crippen molar-refractivity contribution in [3.63, 3.8) is 0 Å². The number of ether oxygens (including phenoxy) is 2. The number of carbonyl (C=O) groups is 1. The van der Waals surface area contributed by atoms with Gasteiger partial charge in [0.25, 0.3) is 5.91 Å². The third-order valence-corrected chi connectivity index (χ3v) is 9.44. The molecule has 0 bridgehead atoms. The van der Waals surface area contributed by atoms with Crippen LogP contribution in [0, 0.1) is 0 Å². The topological polar surface area (TPSA) is 64.8 Å². The van der Waals surface area contributed by atoms with E-state index in [1.165, 1.54) is 48.7 Å². The summed E-state index contributed by atoms with van der Waals surface area (Å²) in [6.45, 7) is 5.42. The molecular weight excluding hydrogens is 534 g/mol. The van der Waals surface area contributed by atoms with Crippen LogP contribution in [0.4, 0.5) is 0 Å². The molecule has 1 aliphatic carbocycles. The zero-order valence-corrected chi connectivity index (χ0v) is 25.3. The van der Waals surface area contributed by atoms with Gasteiger partial charge in [0.15, 0.2) is 0 Å².